The summed E-state index contributed by atoms with van der Waals surface area (Å²) in [5.41, 5.74) is 2.72. The molecule has 0 saturated carbocycles. The molecule has 92 valence electrons. The highest BCUT2D eigenvalue weighted by atomic mass is 16.1. The number of hydrogen-bond donors (Lipinski definition) is 0. The van der Waals surface area contributed by atoms with Gasteiger partial charge >= 0.3 is 0 Å². The van der Waals surface area contributed by atoms with E-state index in [-0.39, 0.29) is 0 Å². The van der Waals surface area contributed by atoms with Crippen molar-refractivity contribution in [2.45, 2.75) is 26.2 Å². The molecule has 0 aromatic heterocycles. The van der Waals surface area contributed by atoms with Gasteiger partial charge in [-0.3, -0.25) is 4.79 Å². The molecule has 0 fully saturated rings. The predicted molar refractivity (Wildman–Crippen MR) is 73.9 cm³/mol. The van der Waals surface area contributed by atoms with Gasteiger partial charge in [-0.25, -0.2) is 0 Å². The average molecular weight is 239 g/mol. The van der Waals surface area contributed by atoms with Crippen molar-refractivity contribution in [2.24, 2.45) is 0 Å². The minimum absolute atomic E-state index is 0.654. The smallest absolute Gasteiger partial charge is 0.143 e. The first-order valence-electron chi connectivity index (χ1n) is 6.12. The third-order valence-corrected chi connectivity index (χ3v) is 2.63. The second kappa shape index (κ2) is 8.03. The summed E-state index contributed by atoms with van der Waals surface area (Å²) in [6, 6.07) is 9.45. The first kappa shape index (κ1) is 13.9. The van der Waals surface area contributed by atoms with Gasteiger partial charge in [0, 0.05) is 0 Å². The normalized spacial score (nSPS) is 11.4. The lowest BCUT2D eigenvalue weighted by atomic mass is 10.1. The Hall–Kier alpha value is -2.14. The number of benzene rings is 1. The van der Waals surface area contributed by atoms with Gasteiger partial charge in [-0.15, -0.1) is 0 Å². The van der Waals surface area contributed by atoms with Gasteiger partial charge in [-0.1, -0.05) is 37.6 Å². The van der Waals surface area contributed by atoms with Crippen LogP contribution in [0.25, 0.3) is 6.08 Å². The molecular formula is C16H17NO. The van der Waals surface area contributed by atoms with Gasteiger partial charge in [0.1, 0.15) is 6.29 Å². The molecule has 0 atom stereocenters. The quantitative estimate of drug-likeness (QED) is 0.429. The highest BCUT2D eigenvalue weighted by Crippen LogP contribution is 2.12. The zero-order chi connectivity index (χ0) is 13.2. The molecule has 0 aliphatic heterocycles. The molecule has 0 unspecified atom stereocenters. The maximum absolute atomic E-state index is 10.5. The van der Waals surface area contributed by atoms with Crippen molar-refractivity contribution >= 4 is 12.4 Å². The maximum Gasteiger partial charge on any atom is 0.143 e. The molecular weight excluding hydrogens is 222 g/mol. The second-order valence-electron chi connectivity index (χ2n) is 4.05. The van der Waals surface area contributed by atoms with Crippen molar-refractivity contribution in [3.05, 3.63) is 53.1 Å². The van der Waals surface area contributed by atoms with Crippen LogP contribution < -0.4 is 0 Å². The van der Waals surface area contributed by atoms with Crippen molar-refractivity contribution in [1.82, 2.24) is 0 Å². The van der Waals surface area contributed by atoms with Gasteiger partial charge in [0.2, 0.25) is 0 Å². The van der Waals surface area contributed by atoms with Crippen LogP contribution in [-0.4, -0.2) is 6.29 Å². The summed E-state index contributed by atoms with van der Waals surface area (Å²) >= 11 is 0. The number of allylic oxidation sites excluding steroid dienone is 3. The molecule has 0 aliphatic carbocycles. The number of carbonyl (C=O) groups is 1. The summed E-state index contributed by atoms with van der Waals surface area (Å²) in [7, 11) is 0. The van der Waals surface area contributed by atoms with E-state index in [0.29, 0.717) is 5.56 Å². The van der Waals surface area contributed by atoms with Gasteiger partial charge in [-0.05, 0) is 42.2 Å². The van der Waals surface area contributed by atoms with Crippen LogP contribution in [0.1, 0.15) is 37.3 Å². The Morgan fingerprint density at radius 3 is 2.61 bits per heavy atom. The van der Waals surface area contributed by atoms with Crippen molar-refractivity contribution in [2.75, 3.05) is 0 Å². The molecule has 0 saturated heterocycles. The van der Waals surface area contributed by atoms with Crippen molar-refractivity contribution < 1.29 is 4.79 Å². The topological polar surface area (TPSA) is 40.9 Å². The minimum atomic E-state index is 0.654. The third-order valence-electron chi connectivity index (χ3n) is 2.63. The molecule has 1 aromatic carbocycles. The summed E-state index contributed by atoms with van der Waals surface area (Å²) < 4.78 is 0. The fraction of sp³-hybridized carbons (Fsp3) is 0.250. The van der Waals surface area contributed by atoms with E-state index in [4.69, 9.17) is 5.26 Å². The summed E-state index contributed by atoms with van der Waals surface area (Å²) in [6.07, 6.45) is 9.47. The number of hydrogen-bond acceptors (Lipinski definition) is 2. The SMILES string of the molecule is CCCCC(=CC=O)/C=C/c1ccc(C#N)cc1. The summed E-state index contributed by atoms with van der Waals surface area (Å²) in [6.45, 7) is 2.13. The monoisotopic (exact) mass is 239 g/mol. The molecule has 2 nitrogen and oxygen atoms in total. The Bertz CT molecular complexity index is 475. The average Bonchev–Trinajstić information content (AvgIpc) is 2.42. The molecule has 0 spiro atoms. The summed E-state index contributed by atoms with van der Waals surface area (Å²) in [4.78, 5) is 10.5. The standard InChI is InChI=1S/C16H17NO/c1-2-3-4-14(11-12-18)5-6-15-7-9-16(13-17)10-8-15/h5-12H,2-4H2,1H3/b6-5+,14-11?. The van der Waals surface area contributed by atoms with E-state index >= 15 is 0 Å². The Kier molecular flexibility index (Phi) is 6.21. The lowest BCUT2D eigenvalue weighted by molar-refractivity contribution is -0.104. The van der Waals surface area contributed by atoms with E-state index < -0.39 is 0 Å². The van der Waals surface area contributed by atoms with E-state index in [9.17, 15) is 4.79 Å². The zero-order valence-corrected chi connectivity index (χ0v) is 10.6. The fourth-order valence-electron chi connectivity index (χ4n) is 1.56. The van der Waals surface area contributed by atoms with Crippen LogP contribution >= 0.6 is 0 Å². The Morgan fingerprint density at radius 2 is 2.06 bits per heavy atom. The van der Waals surface area contributed by atoms with E-state index in [0.717, 1.165) is 36.7 Å². The van der Waals surface area contributed by atoms with Gasteiger partial charge < -0.3 is 0 Å². The van der Waals surface area contributed by atoms with E-state index in [2.05, 4.69) is 13.0 Å². The van der Waals surface area contributed by atoms with E-state index in [1.807, 2.05) is 24.3 Å². The van der Waals surface area contributed by atoms with Crippen LogP contribution in [0, 0.1) is 11.3 Å². The van der Waals surface area contributed by atoms with Crippen molar-refractivity contribution in [3.8, 4) is 6.07 Å². The molecule has 2 heteroatoms. The highest BCUT2D eigenvalue weighted by molar-refractivity contribution is 5.68. The third kappa shape index (κ3) is 4.80. The number of rotatable bonds is 6. The lowest BCUT2D eigenvalue weighted by Gasteiger charge is -1.99. The zero-order valence-electron chi connectivity index (χ0n) is 10.6. The number of nitrogens with zero attached hydrogens (tertiary/aromatic N) is 1. The van der Waals surface area contributed by atoms with Gasteiger partial charge in [0.15, 0.2) is 0 Å². The second-order valence-corrected chi connectivity index (χ2v) is 4.05. The summed E-state index contributed by atoms with van der Waals surface area (Å²) in [5, 5.41) is 8.70. The van der Waals surface area contributed by atoms with Crippen LogP contribution in [0.4, 0.5) is 0 Å². The molecule has 0 amide bonds. The molecule has 0 heterocycles. The summed E-state index contributed by atoms with van der Waals surface area (Å²) in [5.74, 6) is 0. The number of unbranched alkanes of at least 4 members (excludes halogenated alkanes) is 1. The van der Waals surface area contributed by atoms with Gasteiger partial charge in [0.05, 0.1) is 11.6 Å². The maximum atomic E-state index is 10.5. The molecule has 0 N–H and O–H groups in total. The number of aldehydes is 1. The van der Waals surface area contributed by atoms with E-state index in [1.54, 1.807) is 18.2 Å². The molecule has 1 rings (SSSR count). The van der Waals surface area contributed by atoms with Crippen LogP contribution in [0.5, 0.6) is 0 Å². The van der Waals surface area contributed by atoms with Gasteiger partial charge in [-0.2, -0.15) is 5.26 Å². The first-order chi connectivity index (χ1) is 8.80. The van der Waals surface area contributed by atoms with Gasteiger partial charge in [0.25, 0.3) is 0 Å². The van der Waals surface area contributed by atoms with Crippen molar-refractivity contribution in [1.29, 1.82) is 5.26 Å². The lowest BCUT2D eigenvalue weighted by Crippen LogP contribution is -1.81. The fourth-order valence-corrected chi connectivity index (χ4v) is 1.56. The molecule has 0 radical (unpaired) electrons. The first-order valence-corrected chi connectivity index (χ1v) is 6.12. The van der Waals surface area contributed by atoms with Crippen LogP contribution in [0.15, 0.2) is 42.0 Å². The molecule has 1 aromatic rings. The largest absolute Gasteiger partial charge is 0.299 e. The molecule has 18 heavy (non-hydrogen) atoms. The van der Waals surface area contributed by atoms with E-state index in [1.165, 1.54) is 0 Å². The Balaban J connectivity index is 2.73. The number of carbonyl (C=O) groups excluding carboxylic acids is 1. The minimum Gasteiger partial charge on any atom is -0.299 e. The van der Waals surface area contributed by atoms with Crippen LogP contribution in [-0.2, 0) is 4.79 Å². The molecule has 0 aliphatic rings. The van der Waals surface area contributed by atoms with Crippen LogP contribution in [0.2, 0.25) is 0 Å². The number of nitriles is 1. The van der Waals surface area contributed by atoms with Crippen LogP contribution in [0.3, 0.4) is 0 Å². The Labute approximate surface area is 108 Å². The molecule has 0 bridgehead atoms. The highest BCUT2D eigenvalue weighted by Gasteiger charge is 1.93. The Morgan fingerprint density at radius 1 is 1.33 bits per heavy atom. The van der Waals surface area contributed by atoms with Crippen molar-refractivity contribution in [3.63, 3.8) is 0 Å². The predicted octanol–water partition coefficient (Wildman–Crippen LogP) is 3.89.